The molecule has 0 aliphatic rings. The lowest BCUT2D eigenvalue weighted by Gasteiger charge is -2.16. The Kier molecular flexibility index (Phi) is 4.88. The summed E-state index contributed by atoms with van der Waals surface area (Å²) in [4.78, 5) is 12.6. The Hall–Kier alpha value is -2.27. The van der Waals surface area contributed by atoms with Gasteiger partial charge in [0.2, 0.25) is 0 Å². The maximum atomic E-state index is 12.6. The lowest BCUT2D eigenvalue weighted by Crippen LogP contribution is -2.27. The summed E-state index contributed by atoms with van der Waals surface area (Å²) in [6.45, 7) is 4.68. The Bertz CT molecular complexity index is 735. The number of methoxy groups -OCH3 is 2. The SMILES string of the molecule is CCn1c(-c2ccc(OC)c(OC)c2)cc(C)c(CN)c1=O. The Morgan fingerprint density at radius 3 is 2.36 bits per heavy atom. The third kappa shape index (κ3) is 2.72. The average Bonchev–Trinajstić information content (AvgIpc) is 2.54. The molecule has 0 aliphatic carbocycles. The Morgan fingerprint density at radius 2 is 1.82 bits per heavy atom. The van der Waals surface area contributed by atoms with Crippen LogP contribution >= 0.6 is 0 Å². The first-order valence-electron chi connectivity index (χ1n) is 7.23. The van der Waals surface area contributed by atoms with Crippen LogP contribution in [0.25, 0.3) is 11.3 Å². The molecule has 0 fully saturated rings. The van der Waals surface area contributed by atoms with Crippen molar-refractivity contribution in [3.05, 3.63) is 45.7 Å². The molecule has 2 rings (SSSR count). The standard InChI is InChI=1S/C17H22N2O3/c1-5-19-14(8-11(2)13(10-18)17(19)20)12-6-7-15(21-3)16(9-12)22-4/h6-9H,5,10,18H2,1-4H3. The zero-order valence-electron chi connectivity index (χ0n) is 13.5. The minimum absolute atomic E-state index is 0.0326. The highest BCUT2D eigenvalue weighted by atomic mass is 16.5. The lowest BCUT2D eigenvalue weighted by molar-refractivity contribution is 0.355. The Labute approximate surface area is 130 Å². The van der Waals surface area contributed by atoms with E-state index in [1.165, 1.54) is 0 Å². The summed E-state index contributed by atoms with van der Waals surface area (Å²) in [6, 6.07) is 7.63. The maximum absolute atomic E-state index is 12.6. The van der Waals surface area contributed by atoms with Crippen LogP contribution in [0.1, 0.15) is 18.1 Å². The normalized spacial score (nSPS) is 10.6. The topological polar surface area (TPSA) is 66.5 Å². The summed E-state index contributed by atoms with van der Waals surface area (Å²) in [5.74, 6) is 1.29. The molecule has 5 nitrogen and oxygen atoms in total. The van der Waals surface area contributed by atoms with Crippen LogP contribution < -0.4 is 20.8 Å². The number of hydrogen-bond acceptors (Lipinski definition) is 4. The van der Waals surface area contributed by atoms with E-state index in [-0.39, 0.29) is 12.1 Å². The van der Waals surface area contributed by atoms with Gasteiger partial charge in [-0.25, -0.2) is 0 Å². The van der Waals surface area contributed by atoms with Crippen molar-refractivity contribution >= 4 is 0 Å². The molecule has 1 aromatic heterocycles. The minimum Gasteiger partial charge on any atom is -0.493 e. The fraction of sp³-hybridized carbons (Fsp3) is 0.353. The van der Waals surface area contributed by atoms with Crippen molar-refractivity contribution in [2.45, 2.75) is 26.9 Å². The van der Waals surface area contributed by atoms with E-state index in [0.29, 0.717) is 23.6 Å². The largest absolute Gasteiger partial charge is 0.493 e. The third-order valence-electron chi connectivity index (χ3n) is 3.82. The lowest BCUT2D eigenvalue weighted by atomic mass is 10.0. The van der Waals surface area contributed by atoms with Gasteiger partial charge in [0.1, 0.15) is 0 Å². The summed E-state index contributed by atoms with van der Waals surface area (Å²) in [5.41, 5.74) is 8.98. The zero-order chi connectivity index (χ0) is 16.3. The first-order chi connectivity index (χ1) is 10.6. The molecule has 0 bridgehead atoms. The van der Waals surface area contributed by atoms with Crippen molar-refractivity contribution in [3.63, 3.8) is 0 Å². The van der Waals surface area contributed by atoms with Gasteiger partial charge in [0.15, 0.2) is 11.5 Å². The molecule has 0 saturated carbocycles. The molecular formula is C17H22N2O3. The second-order valence-corrected chi connectivity index (χ2v) is 5.01. The van der Waals surface area contributed by atoms with Gasteiger partial charge >= 0.3 is 0 Å². The smallest absolute Gasteiger partial charge is 0.255 e. The van der Waals surface area contributed by atoms with Crippen LogP contribution in [0.15, 0.2) is 29.1 Å². The van der Waals surface area contributed by atoms with Gasteiger partial charge in [-0.3, -0.25) is 4.79 Å². The average molecular weight is 302 g/mol. The number of aromatic nitrogens is 1. The highest BCUT2D eigenvalue weighted by Gasteiger charge is 2.14. The number of rotatable bonds is 5. The molecule has 0 saturated heterocycles. The zero-order valence-corrected chi connectivity index (χ0v) is 13.5. The van der Waals surface area contributed by atoms with E-state index in [4.69, 9.17) is 15.2 Å². The number of pyridine rings is 1. The van der Waals surface area contributed by atoms with E-state index in [1.54, 1.807) is 18.8 Å². The van der Waals surface area contributed by atoms with Gasteiger partial charge in [0.05, 0.1) is 19.9 Å². The number of hydrogen-bond donors (Lipinski definition) is 1. The van der Waals surface area contributed by atoms with Gasteiger partial charge in [-0.2, -0.15) is 0 Å². The number of nitrogens with two attached hydrogens (primary N) is 1. The van der Waals surface area contributed by atoms with Crippen LogP contribution in [-0.4, -0.2) is 18.8 Å². The molecule has 1 heterocycles. The van der Waals surface area contributed by atoms with Crippen LogP contribution in [0.2, 0.25) is 0 Å². The van der Waals surface area contributed by atoms with E-state index in [2.05, 4.69) is 0 Å². The first-order valence-corrected chi connectivity index (χ1v) is 7.23. The third-order valence-corrected chi connectivity index (χ3v) is 3.82. The molecule has 0 atom stereocenters. The van der Waals surface area contributed by atoms with Crippen LogP contribution in [0, 0.1) is 6.92 Å². The molecule has 0 unspecified atom stereocenters. The van der Waals surface area contributed by atoms with Crippen LogP contribution in [-0.2, 0) is 13.1 Å². The van der Waals surface area contributed by atoms with Crippen LogP contribution in [0.3, 0.4) is 0 Å². The molecule has 0 spiro atoms. The van der Waals surface area contributed by atoms with E-state index in [0.717, 1.165) is 16.8 Å². The predicted molar refractivity (Wildman–Crippen MR) is 87.5 cm³/mol. The molecule has 2 aromatic rings. The summed E-state index contributed by atoms with van der Waals surface area (Å²) in [7, 11) is 3.19. The van der Waals surface area contributed by atoms with Crippen molar-refractivity contribution in [2.75, 3.05) is 14.2 Å². The van der Waals surface area contributed by atoms with Gasteiger partial charge in [-0.05, 0) is 43.7 Å². The van der Waals surface area contributed by atoms with E-state index in [1.807, 2.05) is 38.1 Å². The quantitative estimate of drug-likeness (QED) is 0.920. The summed E-state index contributed by atoms with van der Waals surface area (Å²) >= 11 is 0. The second-order valence-electron chi connectivity index (χ2n) is 5.01. The van der Waals surface area contributed by atoms with Gasteiger partial charge in [0.25, 0.3) is 5.56 Å². The number of ether oxygens (including phenoxy) is 2. The van der Waals surface area contributed by atoms with Crippen molar-refractivity contribution in [1.29, 1.82) is 0 Å². The second kappa shape index (κ2) is 6.66. The summed E-state index contributed by atoms with van der Waals surface area (Å²) < 4.78 is 12.3. The molecule has 2 N–H and O–H groups in total. The molecule has 118 valence electrons. The number of aryl methyl sites for hydroxylation is 1. The van der Waals surface area contributed by atoms with Crippen LogP contribution in [0.5, 0.6) is 11.5 Å². The van der Waals surface area contributed by atoms with Gasteiger partial charge in [0, 0.05) is 24.2 Å². The van der Waals surface area contributed by atoms with Gasteiger partial charge < -0.3 is 19.8 Å². The minimum atomic E-state index is -0.0326. The Morgan fingerprint density at radius 1 is 1.14 bits per heavy atom. The molecule has 0 amide bonds. The van der Waals surface area contributed by atoms with Gasteiger partial charge in [-0.15, -0.1) is 0 Å². The monoisotopic (exact) mass is 302 g/mol. The molecule has 0 radical (unpaired) electrons. The highest BCUT2D eigenvalue weighted by Crippen LogP contribution is 2.32. The molecule has 1 aromatic carbocycles. The fourth-order valence-electron chi connectivity index (χ4n) is 2.61. The molecule has 5 heteroatoms. The van der Waals surface area contributed by atoms with E-state index in [9.17, 15) is 4.79 Å². The fourth-order valence-corrected chi connectivity index (χ4v) is 2.61. The summed E-state index contributed by atoms with van der Waals surface area (Å²) in [5, 5.41) is 0. The maximum Gasteiger partial charge on any atom is 0.255 e. The van der Waals surface area contributed by atoms with Crippen molar-refractivity contribution < 1.29 is 9.47 Å². The van der Waals surface area contributed by atoms with Crippen LogP contribution in [0.4, 0.5) is 0 Å². The van der Waals surface area contributed by atoms with Crippen molar-refractivity contribution in [1.82, 2.24) is 4.57 Å². The van der Waals surface area contributed by atoms with E-state index < -0.39 is 0 Å². The Balaban J connectivity index is 2.70. The first kappa shape index (κ1) is 16.1. The number of nitrogens with zero attached hydrogens (tertiary/aromatic N) is 1. The molecule has 22 heavy (non-hydrogen) atoms. The van der Waals surface area contributed by atoms with E-state index >= 15 is 0 Å². The summed E-state index contributed by atoms with van der Waals surface area (Å²) in [6.07, 6.45) is 0. The van der Waals surface area contributed by atoms with Crippen molar-refractivity contribution in [3.8, 4) is 22.8 Å². The number of benzene rings is 1. The van der Waals surface area contributed by atoms with Gasteiger partial charge in [-0.1, -0.05) is 0 Å². The predicted octanol–water partition coefficient (Wildman–Crippen LogP) is 2.32. The highest BCUT2D eigenvalue weighted by molar-refractivity contribution is 5.65. The molecule has 0 aliphatic heterocycles. The van der Waals surface area contributed by atoms with Crippen molar-refractivity contribution in [2.24, 2.45) is 5.73 Å². The molecular weight excluding hydrogens is 280 g/mol.